The van der Waals surface area contributed by atoms with Crippen LogP contribution >= 0.6 is 0 Å². The van der Waals surface area contributed by atoms with Crippen molar-refractivity contribution in [1.29, 1.82) is 0 Å². The van der Waals surface area contributed by atoms with Gasteiger partial charge >= 0.3 is 0 Å². The molecule has 1 rings (SSSR count). The molecule has 1 N–H and O–H groups in total. The minimum Gasteiger partial charge on any atom is -0.366 e. The molecule has 1 atom stereocenters. The second-order valence-electron chi connectivity index (χ2n) is 4.25. The number of nitrogens with zero attached hydrogens (tertiary/aromatic N) is 2. The van der Waals surface area contributed by atoms with Crippen LogP contribution in [0.3, 0.4) is 0 Å². The Bertz CT molecular complexity index is 556. The van der Waals surface area contributed by atoms with Crippen LogP contribution in [-0.2, 0) is 9.84 Å². The van der Waals surface area contributed by atoms with Crippen molar-refractivity contribution >= 4 is 21.3 Å². The summed E-state index contributed by atoms with van der Waals surface area (Å²) in [5.74, 6) is 0.236. The highest BCUT2D eigenvalue weighted by atomic mass is 32.2. The highest BCUT2D eigenvalue weighted by Crippen LogP contribution is 2.20. The normalized spacial score (nSPS) is 13.1. The number of anilines is 1. The van der Waals surface area contributed by atoms with Crippen LogP contribution in [0.25, 0.3) is 0 Å². The van der Waals surface area contributed by atoms with E-state index in [0.29, 0.717) is 11.4 Å². The van der Waals surface area contributed by atoms with Gasteiger partial charge in [-0.05, 0) is 13.8 Å². The van der Waals surface area contributed by atoms with Crippen LogP contribution in [-0.4, -0.2) is 36.4 Å². The molecule has 0 aliphatic carbocycles. The van der Waals surface area contributed by atoms with Crippen LogP contribution in [0.5, 0.6) is 0 Å². The van der Waals surface area contributed by atoms with E-state index in [1.807, 2.05) is 0 Å². The van der Waals surface area contributed by atoms with E-state index >= 15 is 0 Å². The van der Waals surface area contributed by atoms with Gasteiger partial charge < -0.3 is 5.32 Å². The molecule has 0 amide bonds. The molecule has 0 bridgehead atoms. The van der Waals surface area contributed by atoms with E-state index in [0.717, 1.165) is 6.26 Å². The van der Waals surface area contributed by atoms with E-state index in [-0.39, 0.29) is 17.5 Å². The first kappa shape index (κ1) is 14.4. The number of aromatic nitrogens is 1. The summed E-state index contributed by atoms with van der Waals surface area (Å²) in [4.78, 5) is 14.2. The van der Waals surface area contributed by atoms with Gasteiger partial charge in [0.15, 0.2) is 0 Å². The SMILES string of the molecule is Cc1cnc(NC(C)CS(C)(=O)=O)cc1[N+](=O)[O-]. The van der Waals surface area contributed by atoms with E-state index in [4.69, 9.17) is 0 Å². The van der Waals surface area contributed by atoms with Crippen molar-refractivity contribution in [2.75, 3.05) is 17.3 Å². The fraction of sp³-hybridized carbons (Fsp3) is 0.500. The zero-order chi connectivity index (χ0) is 13.9. The predicted octanol–water partition coefficient (Wildman–Crippen LogP) is 1.14. The van der Waals surface area contributed by atoms with E-state index in [9.17, 15) is 18.5 Å². The zero-order valence-electron chi connectivity index (χ0n) is 10.4. The molecule has 18 heavy (non-hydrogen) atoms. The van der Waals surface area contributed by atoms with Crippen molar-refractivity contribution in [3.63, 3.8) is 0 Å². The zero-order valence-corrected chi connectivity index (χ0v) is 11.2. The summed E-state index contributed by atoms with van der Waals surface area (Å²) in [6, 6.07) is 0.934. The molecule has 0 fully saturated rings. The van der Waals surface area contributed by atoms with Crippen LogP contribution < -0.4 is 5.32 Å². The van der Waals surface area contributed by atoms with E-state index < -0.39 is 14.8 Å². The molecule has 0 aliphatic rings. The van der Waals surface area contributed by atoms with Gasteiger partial charge in [-0.1, -0.05) is 0 Å². The predicted molar refractivity (Wildman–Crippen MR) is 68.4 cm³/mol. The van der Waals surface area contributed by atoms with Crippen molar-refractivity contribution in [2.45, 2.75) is 19.9 Å². The average Bonchev–Trinajstić information content (AvgIpc) is 2.17. The van der Waals surface area contributed by atoms with Crippen molar-refractivity contribution in [3.8, 4) is 0 Å². The first-order valence-electron chi connectivity index (χ1n) is 5.24. The molecule has 8 heteroatoms. The average molecular weight is 273 g/mol. The largest absolute Gasteiger partial charge is 0.366 e. The molecular formula is C10H15N3O4S. The third-order valence-electron chi connectivity index (χ3n) is 2.22. The minimum absolute atomic E-state index is 0.0425. The molecule has 1 aromatic heterocycles. The van der Waals surface area contributed by atoms with Gasteiger partial charge in [0.1, 0.15) is 15.7 Å². The Hall–Kier alpha value is -1.70. The number of pyridine rings is 1. The molecule has 0 aliphatic heterocycles. The smallest absolute Gasteiger partial charge is 0.277 e. The number of nitrogens with one attached hydrogen (secondary N) is 1. The Morgan fingerprint density at radius 2 is 2.17 bits per heavy atom. The van der Waals surface area contributed by atoms with E-state index in [1.54, 1.807) is 13.8 Å². The van der Waals surface area contributed by atoms with Gasteiger partial charge in [0.2, 0.25) is 0 Å². The number of rotatable bonds is 5. The molecule has 0 saturated carbocycles. The second-order valence-corrected chi connectivity index (χ2v) is 6.44. The van der Waals surface area contributed by atoms with Crippen LogP contribution in [0.2, 0.25) is 0 Å². The summed E-state index contributed by atoms with van der Waals surface area (Å²) in [6.07, 6.45) is 2.52. The van der Waals surface area contributed by atoms with Crippen molar-refractivity contribution < 1.29 is 13.3 Å². The maximum Gasteiger partial charge on any atom is 0.277 e. The number of nitro groups is 1. The lowest BCUT2D eigenvalue weighted by atomic mass is 10.2. The van der Waals surface area contributed by atoms with Crippen molar-refractivity contribution in [2.24, 2.45) is 0 Å². The van der Waals surface area contributed by atoms with Crippen LogP contribution in [0.1, 0.15) is 12.5 Å². The van der Waals surface area contributed by atoms with Crippen molar-refractivity contribution in [3.05, 3.63) is 27.9 Å². The highest BCUT2D eigenvalue weighted by molar-refractivity contribution is 7.90. The molecule has 0 aromatic carbocycles. The summed E-state index contributed by atoms with van der Waals surface area (Å²) in [6.45, 7) is 3.27. The summed E-state index contributed by atoms with van der Waals surface area (Å²) >= 11 is 0. The molecular weight excluding hydrogens is 258 g/mol. The van der Waals surface area contributed by atoms with E-state index in [1.165, 1.54) is 12.3 Å². The Morgan fingerprint density at radius 3 is 2.67 bits per heavy atom. The quantitative estimate of drug-likeness (QED) is 0.637. The fourth-order valence-corrected chi connectivity index (χ4v) is 2.53. The first-order chi connectivity index (χ1) is 8.19. The standard InChI is InChI=1S/C10H15N3O4S/c1-7-5-11-10(4-9(7)13(14)15)12-8(2)6-18(3,16)17/h4-5,8H,6H2,1-3H3,(H,11,12). The van der Waals surface area contributed by atoms with Crippen LogP contribution in [0.15, 0.2) is 12.3 Å². The lowest BCUT2D eigenvalue weighted by Crippen LogP contribution is -2.25. The second kappa shape index (κ2) is 5.30. The lowest BCUT2D eigenvalue weighted by Gasteiger charge is -2.13. The Kier molecular flexibility index (Phi) is 4.23. The molecule has 1 aromatic rings. The maximum atomic E-state index is 11.1. The summed E-state index contributed by atoms with van der Waals surface area (Å²) in [5, 5.41) is 13.6. The molecule has 7 nitrogen and oxygen atoms in total. The summed E-state index contributed by atoms with van der Waals surface area (Å²) in [7, 11) is -3.10. The molecule has 0 radical (unpaired) electrons. The van der Waals surface area contributed by atoms with Gasteiger partial charge in [-0.2, -0.15) is 0 Å². The number of sulfone groups is 1. The third-order valence-corrected chi connectivity index (χ3v) is 3.32. The first-order valence-corrected chi connectivity index (χ1v) is 7.30. The third kappa shape index (κ3) is 4.28. The van der Waals surface area contributed by atoms with Gasteiger partial charge in [0.25, 0.3) is 5.69 Å². The van der Waals surface area contributed by atoms with Gasteiger partial charge in [-0.25, -0.2) is 13.4 Å². The number of hydrogen-bond donors (Lipinski definition) is 1. The molecule has 100 valence electrons. The number of hydrogen-bond acceptors (Lipinski definition) is 6. The Labute approximate surface area is 105 Å². The molecule has 0 saturated heterocycles. The maximum absolute atomic E-state index is 11.1. The van der Waals surface area contributed by atoms with Gasteiger partial charge in [-0.3, -0.25) is 10.1 Å². The molecule has 1 unspecified atom stereocenters. The van der Waals surface area contributed by atoms with E-state index in [2.05, 4.69) is 10.3 Å². The minimum atomic E-state index is -3.10. The highest BCUT2D eigenvalue weighted by Gasteiger charge is 2.15. The fourth-order valence-electron chi connectivity index (χ4n) is 1.54. The van der Waals surface area contributed by atoms with Gasteiger partial charge in [-0.15, -0.1) is 0 Å². The van der Waals surface area contributed by atoms with Crippen LogP contribution in [0, 0.1) is 17.0 Å². The lowest BCUT2D eigenvalue weighted by molar-refractivity contribution is -0.385. The van der Waals surface area contributed by atoms with Gasteiger partial charge in [0.05, 0.1) is 16.7 Å². The monoisotopic (exact) mass is 273 g/mol. The molecule has 0 spiro atoms. The summed E-state index contributed by atoms with van der Waals surface area (Å²) < 4.78 is 22.2. The van der Waals surface area contributed by atoms with Crippen molar-refractivity contribution in [1.82, 2.24) is 4.98 Å². The molecule has 1 heterocycles. The Morgan fingerprint density at radius 1 is 1.56 bits per heavy atom. The summed E-state index contributed by atoms with van der Waals surface area (Å²) in [5.41, 5.74) is 0.417. The van der Waals surface area contributed by atoms with Crippen LogP contribution in [0.4, 0.5) is 11.5 Å². The topological polar surface area (TPSA) is 102 Å². The van der Waals surface area contributed by atoms with Gasteiger partial charge in [0, 0.05) is 24.1 Å². The number of aryl methyl sites for hydroxylation is 1. The Balaban J connectivity index is 2.86.